The molecule has 0 unspecified atom stereocenters. The molecule has 0 atom stereocenters. The third kappa shape index (κ3) is 8.02. The summed E-state index contributed by atoms with van der Waals surface area (Å²) in [6.07, 6.45) is 1.24. The number of benzene rings is 3. The molecule has 0 heterocycles. The van der Waals surface area contributed by atoms with Gasteiger partial charge < -0.3 is 18.6 Å². The van der Waals surface area contributed by atoms with Crippen LogP contribution in [0.15, 0.2) is 64.0 Å². The van der Waals surface area contributed by atoms with Crippen molar-refractivity contribution < 1.29 is 27.1 Å². The van der Waals surface area contributed by atoms with Crippen molar-refractivity contribution in [3.05, 3.63) is 74.7 Å². The molecule has 4 rings (SSSR count). The highest BCUT2D eigenvalue weighted by molar-refractivity contribution is 9.10. The molecule has 0 radical (unpaired) electrons. The first kappa shape index (κ1) is 33.1. The normalized spacial score (nSPS) is 17.5. The lowest BCUT2D eigenvalue weighted by atomic mass is 9.91. The fourth-order valence-electron chi connectivity index (χ4n) is 4.14. The number of ether oxygens (including phenoxy) is 3. The van der Waals surface area contributed by atoms with E-state index < -0.39 is 18.3 Å². The zero-order valence-corrected chi connectivity index (χ0v) is 29.4. The van der Waals surface area contributed by atoms with Gasteiger partial charge in [-0.15, -0.1) is 0 Å². The van der Waals surface area contributed by atoms with Crippen molar-refractivity contribution in [1.29, 1.82) is 0 Å². The number of hydrogen-bond acceptors (Lipinski definition) is 6. The Labute approximate surface area is 268 Å². The first-order chi connectivity index (χ1) is 19.6. The standard InChI is InChI=1S/C30H36BrCl2NO6SSi/c1-30(2,3)42(5,6)40-24-15-21(16-24)34-41(35,36)28-17-23(39-29-25(32)13-20(31)14-26(29)33)11-12-27(28)38-18-19-7-9-22(37-4)10-8-19/h7-14,17,21,24,34H,15-16,18H2,1-6H3. The molecule has 0 aliphatic heterocycles. The molecule has 3 aromatic carbocycles. The predicted octanol–water partition coefficient (Wildman–Crippen LogP) is 8.97. The zero-order chi connectivity index (χ0) is 30.9. The first-order valence-electron chi connectivity index (χ1n) is 13.5. The van der Waals surface area contributed by atoms with Gasteiger partial charge in [-0.2, -0.15) is 0 Å². The predicted molar refractivity (Wildman–Crippen MR) is 173 cm³/mol. The molecule has 1 aliphatic carbocycles. The van der Waals surface area contributed by atoms with E-state index in [0.29, 0.717) is 23.1 Å². The van der Waals surface area contributed by atoms with Crippen LogP contribution in [0.4, 0.5) is 0 Å². The molecular weight excluding hydrogens is 681 g/mol. The summed E-state index contributed by atoms with van der Waals surface area (Å²) in [4.78, 5) is -0.0494. The SMILES string of the molecule is COc1ccc(COc2ccc(Oc3c(Cl)cc(Br)cc3Cl)cc2S(=O)(=O)NC2CC(O[Si](C)(C)C(C)(C)C)C2)cc1. The van der Waals surface area contributed by atoms with E-state index in [0.717, 1.165) is 5.56 Å². The maximum absolute atomic E-state index is 13.7. The van der Waals surface area contributed by atoms with E-state index >= 15 is 0 Å². The highest BCUT2D eigenvalue weighted by atomic mass is 79.9. The Morgan fingerprint density at radius 1 is 0.976 bits per heavy atom. The monoisotopic (exact) mass is 715 g/mol. The summed E-state index contributed by atoms with van der Waals surface area (Å²) in [5.41, 5.74) is 0.852. The fourth-order valence-corrected chi connectivity index (χ4v) is 8.23. The Hall–Kier alpha value is -1.79. The van der Waals surface area contributed by atoms with Crippen LogP contribution in [-0.4, -0.2) is 36.0 Å². The van der Waals surface area contributed by atoms with Crippen LogP contribution in [0.1, 0.15) is 39.2 Å². The first-order valence-corrected chi connectivity index (χ1v) is 19.4. The molecule has 1 fully saturated rings. The second kappa shape index (κ2) is 13.1. The summed E-state index contributed by atoms with van der Waals surface area (Å²) >= 11 is 16.1. The summed E-state index contributed by atoms with van der Waals surface area (Å²) < 4.78 is 54.6. The van der Waals surface area contributed by atoms with Gasteiger partial charge in [-0.05, 0) is 72.9 Å². The Morgan fingerprint density at radius 2 is 1.57 bits per heavy atom. The molecule has 7 nitrogen and oxygen atoms in total. The lowest BCUT2D eigenvalue weighted by Crippen LogP contribution is -2.53. The topological polar surface area (TPSA) is 83.1 Å². The van der Waals surface area contributed by atoms with Gasteiger partial charge in [0.05, 0.1) is 17.2 Å². The van der Waals surface area contributed by atoms with Crippen LogP contribution in [0, 0.1) is 0 Å². The largest absolute Gasteiger partial charge is 0.497 e. The molecule has 228 valence electrons. The summed E-state index contributed by atoms with van der Waals surface area (Å²) in [7, 11) is -4.35. The molecule has 0 amide bonds. The van der Waals surface area contributed by atoms with Crippen LogP contribution in [-0.2, 0) is 21.1 Å². The smallest absolute Gasteiger partial charge is 0.244 e. The van der Waals surface area contributed by atoms with E-state index in [1.165, 1.54) is 6.07 Å². The van der Waals surface area contributed by atoms with E-state index in [1.807, 2.05) is 24.3 Å². The number of sulfonamides is 1. The Balaban J connectivity index is 1.56. The molecule has 0 aromatic heterocycles. The second-order valence-electron chi connectivity index (χ2n) is 11.8. The van der Waals surface area contributed by atoms with Crippen LogP contribution >= 0.6 is 39.1 Å². The number of methoxy groups -OCH3 is 1. The van der Waals surface area contributed by atoms with E-state index in [2.05, 4.69) is 54.5 Å². The highest BCUT2D eigenvalue weighted by Gasteiger charge is 2.43. The molecule has 0 saturated heterocycles. The molecule has 1 aliphatic rings. The van der Waals surface area contributed by atoms with Crippen molar-refractivity contribution >= 4 is 57.5 Å². The van der Waals surface area contributed by atoms with E-state index in [4.69, 9.17) is 41.8 Å². The number of rotatable bonds is 11. The van der Waals surface area contributed by atoms with Gasteiger partial charge in [0, 0.05) is 22.7 Å². The molecular formula is C30H36BrCl2NO6SSi. The molecule has 1 N–H and O–H groups in total. The Kier molecular flexibility index (Phi) is 10.3. The maximum atomic E-state index is 13.7. The average molecular weight is 718 g/mol. The van der Waals surface area contributed by atoms with Gasteiger partial charge in [0.2, 0.25) is 10.0 Å². The van der Waals surface area contributed by atoms with E-state index in [9.17, 15) is 8.42 Å². The van der Waals surface area contributed by atoms with Crippen molar-refractivity contribution in [2.45, 2.75) is 75.4 Å². The Morgan fingerprint density at radius 3 is 2.14 bits per heavy atom. The maximum Gasteiger partial charge on any atom is 0.244 e. The number of nitrogens with one attached hydrogen (secondary N) is 1. The van der Waals surface area contributed by atoms with Crippen LogP contribution in [0.2, 0.25) is 28.2 Å². The van der Waals surface area contributed by atoms with Crippen molar-refractivity contribution in [3.8, 4) is 23.0 Å². The fraction of sp³-hybridized carbons (Fsp3) is 0.400. The van der Waals surface area contributed by atoms with Crippen LogP contribution < -0.4 is 18.9 Å². The van der Waals surface area contributed by atoms with Gasteiger partial charge in [-0.1, -0.05) is 72.0 Å². The van der Waals surface area contributed by atoms with Gasteiger partial charge in [0.15, 0.2) is 14.1 Å². The quantitative estimate of drug-likeness (QED) is 0.200. The molecule has 12 heteroatoms. The minimum absolute atomic E-state index is 0.0285. The van der Waals surface area contributed by atoms with E-state index in [1.54, 1.807) is 31.4 Å². The van der Waals surface area contributed by atoms with Gasteiger partial charge >= 0.3 is 0 Å². The lowest BCUT2D eigenvalue weighted by molar-refractivity contribution is 0.0805. The van der Waals surface area contributed by atoms with Gasteiger partial charge in [-0.25, -0.2) is 13.1 Å². The van der Waals surface area contributed by atoms with Crippen molar-refractivity contribution in [2.24, 2.45) is 0 Å². The van der Waals surface area contributed by atoms with Crippen molar-refractivity contribution in [3.63, 3.8) is 0 Å². The number of halogens is 3. The van der Waals surface area contributed by atoms with Crippen molar-refractivity contribution in [2.75, 3.05) is 7.11 Å². The van der Waals surface area contributed by atoms with Crippen LogP contribution in [0.5, 0.6) is 23.0 Å². The molecule has 0 bridgehead atoms. The summed E-state index contributed by atoms with van der Waals surface area (Å²) in [5.74, 6) is 1.36. The third-order valence-electron chi connectivity index (χ3n) is 7.63. The van der Waals surface area contributed by atoms with Crippen LogP contribution in [0.3, 0.4) is 0 Å². The second-order valence-corrected chi connectivity index (χ2v) is 20.0. The third-order valence-corrected chi connectivity index (χ3v) is 14.7. The summed E-state index contributed by atoms with van der Waals surface area (Å²) in [6.45, 7) is 11.1. The lowest BCUT2D eigenvalue weighted by Gasteiger charge is -2.44. The van der Waals surface area contributed by atoms with Gasteiger partial charge in [-0.3, -0.25) is 0 Å². The molecule has 0 spiro atoms. The minimum atomic E-state index is -4.00. The van der Waals surface area contributed by atoms with E-state index in [-0.39, 0.29) is 56.0 Å². The molecule has 3 aromatic rings. The summed E-state index contributed by atoms with van der Waals surface area (Å²) in [5, 5.41) is 0.632. The highest BCUT2D eigenvalue weighted by Crippen LogP contribution is 2.42. The number of hydrogen-bond donors (Lipinski definition) is 1. The van der Waals surface area contributed by atoms with Gasteiger partial charge in [0.25, 0.3) is 0 Å². The molecule has 1 saturated carbocycles. The minimum Gasteiger partial charge on any atom is -0.497 e. The van der Waals surface area contributed by atoms with Gasteiger partial charge in [0.1, 0.15) is 28.8 Å². The average Bonchev–Trinajstić information content (AvgIpc) is 2.88. The summed E-state index contributed by atoms with van der Waals surface area (Å²) in [6, 6.07) is 15.0. The molecule has 42 heavy (non-hydrogen) atoms. The zero-order valence-electron chi connectivity index (χ0n) is 24.5. The Bertz CT molecular complexity index is 1500. The van der Waals surface area contributed by atoms with Crippen molar-refractivity contribution in [1.82, 2.24) is 4.72 Å². The van der Waals surface area contributed by atoms with Crippen LogP contribution in [0.25, 0.3) is 0 Å².